The summed E-state index contributed by atoms with van der Waals surface area (Å²) in [6.45, 7) is 1.01. The second-order valence-electron chi connectivity index (χ2n) is 5.14. The average Bonchev–Trinajstić information content (AvgIpc) is 2.52. The number of ether oxygens (including phenoxy) is 2. The van der Waals surface area contributed by atoms with E-state index < -0.39 is 24.6 Å². The molecular weight excluding hydrogens is 424 g/mol. The Morgan fingerprint density at radius 3 is 2.27 bits per heavy atom. The van der Waals surface area contributed by atoms with Crippen LogP contribution in [0.2, 0.25) is 20.1 Å². The minimum atomic E-state index is -1.05. The van der Waals surface area contributed by atoms with Gasteiger partial charge in [-0.2, -0.15) is 0 Å². The monoisotopic (exact) mass is 435 g/mol. The molecule has 2 rings (SSSR count). The van der Waals surface area contributed by atoms with Crippen molar-refractivity contribution >= 4 is 64.0 Å². The molecule has 1 unspecified atom stereocenters. The molecule has 2 aromatic rings. The highest BCUT2D eigenvalue weighted by Gasteiger charge is 2.19. The van der Waals surface area contributed by atoms with Crippen LogP contribution in [0.1, 0.15) is 6.92 Å². The summed E-state index contributed by atoms with van der Waals surface area (Å²) in [6, 6.07) is 9.14. The van der Waals surface area contributed by atoms with Crippen LogP contribution in [-0.2, 0) is 14.3 Å². The lowest BCUT2D eigenvalue weighted by molar-refractivity contribution is -0.155. The predicted molar refractivity (Wildman–Crippen MR) is 103 cm³/mol. The number of nitrogens with one attached hydrogen (secondary N) is 1. The van der Waals surface area contributed by atoms with Crippen molar-refractivity contribution in [3.05, 3.63) is 56.5 Å². The number of hydrogen-bond donors (Lipinski definition) is 1. The number of amides is 1. The topological polar surface area (TPSA) is 64.6 Å². The first-order valence-corrected chi connectivity index (χ1v) is 8.80. The quantitative estimate of drug-likeness (QED) is 0.628. The van der Waals surface area contributed by atoms with E-state index in [4.69, 9.17) is 55.9 Å². The van der Waals surface area contributed by atoms with Crippen molar-refractivity contribution in [1.82, 2.24) is 0 Å². The van der Waals surface area contributed by atoms with Crippen molar-refractivity contribution in [1.29, 1.82) is 0 Å². The van der Waals surface area contributed by atoms with Gasteiger partial charge in [0.1, 0.15) is 5.75 Å². The van der Waals surface area contributed by atoms with E-state index in [9.17, 15) is 9.59 Å². The summed E-state index contributed by atoms with van der Waals surface area (Å²) in [5, 5.41) is 3.99. The fourth-order valence-electron chi connectivity index (χ4n) is 1.88. The van der Waals surface area contributed by atoms with E-state index in [-0.39, 0.29) is 10.8 Å². The normalized spacial score (nSPS) is 11.6. The number of rotatable bonds is 6. The number of benzene rings is 2. The Bertz CT molecular complexity index is 808. The van der Waals surface area contributed by atoms with Crippen molar-refractivity contribution in [2.75, 3.05) is 11.9 Å². The van der Waals surface area contributed by atoms with Crippen molar-refractivity contribution in [2.45, 2.75) is 13.0 Å². The molecule has 0 fully saturated rings. The van der Waals surface area contributed by atoms with E-state index in [1.807, 2.05) is 0 Å². The molecule has 0 spiro atoms. The van der Waals surface area contributed by atoms with Gasteiger partial charge in [-0.1, -0.05) is 46.4 Å². The minimum absolute atomic E-state index is 0.258. The van der Waals surface area contributed by atoms with Gasteiger partial charge in [-0.05, 0) is 43.3 Å². The van der Waals surface area contributed by atoms with E-state index >= 15 is 0 Å². The number of halogens is 4. The van der Waals surface area contributed by atoms with Crippen LogP contribution in [0.3, 0.4) is 0 Å². The highest BCUT2D eigenvalue weighted by Crippen LogP contribution is 2.27. The molecule has 0 radical (unpaired) electrons. The van der Waals surface area contributed by atoms with Crippen molar-refractivity contribution in [2.24, 2.45) is 0 Å². The van der Waals surface area contributed by atoms with E-state index in [0.29, 0.717) is 20.8 Å². The van der Waals surface area contributed by atoms with E-state index in [1.54, 1.807) is 6.07 Å². The molecule has 2 aromatic carbocycles. The molecule has 0 saturated heterocycles. The molecule has 1 atom stereocenters. The maximum atomic E-state index is 12.1. The predicted octanol–water partition coefficient (Wildman–Crippen LogP) is 5.25. The zero-order valence-electron chi connectivity index (χ0n) is 13.4. The summed E-state index contributed by atoms with van der Waals surface area (Å²) in [5.41, 5.74) is 0.389. The third-order valence-corrected chi connectivity index (χ3v) is 4.01. The Morgan fingerprint density at radius 1 is 1.00 bits per heavy atom. The number of carbonyl (C=O) groups excluding carboxylic acids is 2. The molecule has 0 heterocycles. The second-order valence-corrected chi connectivity index (χ2v) is 6.86. The number of hydrogen-bond acceptors (Lipinski definition) is 4. The smallest absolute Gasteiger partial charge is 0.344 e. The highest BCUT2D eigenvalue weighted by atomic mass is 35.5. The molecule has 9 heteroatoms. The Hall–Kier alpha value is -1.66. The van der Waals surface area contributed by atoms with Gasteiger partial charge in [0, 0.05) is 20.8 Å². The van der Waals surface area contributed by atoms with Gasteiger partial charge in [0.2, 0.25) is 0 Å². The summed E-state index contributed by atoms with van der Waals surface area (Å²) in [6.07, 6.45) is -1.05. The Labute approximate surface area is 170 Å². The second kappa shape index (κ2) is 9.33. The van der Waals surface area contributed by atoms with Crippen molar-refractivity contribution < 1.29 is 19.1 Å². The lowest BCUT2D eigenvalue weighted by Gasteiger charge is -2.14. The zero-order valence-corrected chi connectivity index (χ0v) is 16.4. The molecule has 0 aliphatic heterocycles. The fraction of sp³-hybridized carbons (Fsp3) is 0.176. The largest absolute Gasteiger partial charge is 0.480 e. The minimum Gasteiger partial charge on any atom is -0.480 e. The molecular formula is C17H13Cl4NO4. The summed E-state index contributed by atoms with van der Waals surface area (Å²) in [7, 11) is 0. The summed E-state index contributed by atoms with van der Waals surface area (Å²) < 4.78 is 10.3. The van der Waals surface area contributed by atoms with Gasteiger partial charge in [0.15, 0.2) is 12.7 Å². The molecule has 138 valence electrons. The van der Waals surface area contributed by atoms with Crippen LogP contribution in [0.5, 0.6) is 5.75 Å². The number of anilines is 1. The van der Waals surface area contributed by atoms with Gasteiger partial charge < -0.3 is 14.8 Å². The van der Waals surface area contributed by atoms with E-state index in [1.165, 1.54) is 37.3 Å². The summed E-state index contributed by atoms with van der Waals surface area (Å²) >= 11 is 23.4. The van der Waals surface area contributed by atoms with Gasteiger partial charge in [-0.15, -0.1) is 0 Å². The van der Waals surface area contributed by atoms with Crippen LogP contribution in [0.4, 0.5) is 5.69 Å². The Morgan fingerprint density at radius 2 is 1.65 bits per heavy atom. The van der Waals surface area contributed by atoms with Crippen molar-refractivity contribution in [3.63, 3.8) is 0 Å². The Kier molecular flexibility index (Phi) is 7.41. The van der Waals surface area contributed by atoms with Crippen LogP contribution in [-0.4, -0.2) is 24.6 Å². The van der Waals surface area contributed by atoms with Gasteiger partial charge >= 0.3 is 5.97 Å². The molecule has 5 nitrogen and oxygen atoms in total. The van der Waals surface area contributed by atoms with Crippen LogP contribution in [0.25, 0.3) is 0 Å². The average molecular weight is 437 g/mol. The molecule has 1 amide bonds. The first-order valence-electron chi connectivity index (χ1n) is 7.29. The molecule has 0 aliphatic rings. The number of esters is 1. The maximum Gasteiger partial charge on any atom is 0.344 e. The zero-order chi connectivity index (χ0) is 19.3. The van der Waals surface area contributed by atoms with Crippen molar-refractivity contribution in [3.8, 4) is 5.75 Å². The van der Waals surface area contributed by atoms with Crippen LogP contribution >= 0.6 is 46.4 Å². The lowest BCUT2D eigenvalue weighted by atomic mass is 10.3. The molecule has 0 aromatic heterocycles. The lowest BCUT2D eigenvalue weighted by Crippen LogP contribution is -2.31. The number of carbonyl (C=O) groups is 2. The fourth-order valence-corrected chi connectivity index (χ4v) is 2.87. The summed E-state index contributed by atoms with van der Waals surface area (Å²) in [5.74, 6) is -0.998. The van der Waals surface area contributed by atoms with Gasteiger partial charge in [-0.3, -0.25) is 4.79 Å². The summed E-state index contributed by atoms with van der Waals surface area (Å²) in [4.78, 5) is 23.9. The molecule has 1 N–H and O–H groups in total. The Balaban J connectivity index is 1.86. The van der Waals surface area contributed by atoms with E-state index in [2.05, 4.69) is 5.32 Å². The molecule has 0 saturated carbocycles. The van der Waals surface area contributed by atoms with Crippen LogP contribution in [0, 0.1) is 0 Å². The SMILES string of the molecule is CC(OC(=O)COc1ccc(Cl)cc1Cl)C(=O)Nc1cc(Cl)cc(Cl)c1. The first kappa shape index (κ1) is 20.6. The first-order chi connectivity index (χ1) is 12.2. The van der Waals surface area contributed by atoms with Crippen LogP contribution in [0.15, 0.2) is 36.4 Å². The van der Waals surface area contributed by atoms with Crippen LogP contribution < -0.4 is 10.1 Å². The third-order valence-electron chi connectivity index (χ3n) is 3.05. The van der Waals surface area contributed by atoms with E-state index in [0.717, 1.165) is 0 Å². The van der Waals surface area contributed by atoms with Gasteiger partial charge in [0.05, 0.1) is 5.02 Å². The molecule has 0 bridgehead atoms. The van der Waals surface area contributed by atoms with Gasteiger partial charge in [-0.25, -0.2) is 4.79 Å². The molecule has 26 heavy (non-hydrogen) atoms. The molecule has 0 aliphatic carbocycles. The standard InChI is InChI=1S/C17H13Cl4NO4/c1-9(17(24)22-13-5-11(19)4-12(20)6-13)26-16(23)8-25-15-3-2-10(18)7-14(15)21/h2-7,9H,8H2,1H3,(H,22,24). The third kappa shape index (κ3) is 6.25. The maximum absolute atomic E-state index is 12.1. The highest BCUT2D eigenvalue weighted by molar-refractivity contribution is 6.35. The van der Waals surface area contributed by atoms with Gasteiger partial charge in [0.25, 0.3) is 5.91 Å².